The molecule has 0 heterocycles. The lowest BCUT2D eigenvalue weighted by Crippen LogP contribution is -2.17. The van der Waals surface area contributed by atoms with Gasteiger partial charge in [0, 0.05) is 0 Å². The molecule has 0 saturated heterocycles. The largest absolute Gasteiger partial charge is 0.462 e. The van der Waals surface area contributed by atoms with Crippen LogP contribution in [0.1, 0.15) is 20.8 Å². The first-order chi connectivity index (χ1) is 8.89. The van der Waals surface area contributed by atoms with E-state index in [1.807, 2.05) is 0 Å². The van der Waals surface area contributed by atoms with E-state index in [0.29, 0.717) is 0 Å². The number of esters is 1. The standard InChI is InChI=1S/C14H18O4S/c1-4-18-14(15)13(10-11(2)3)19(16,17)12-8-6-5-7-9-12/h5-11H,4H2,1-3H3. The van der Waals surface area contributed by atoms with E-state index in [9.17, 15) is 13.2 Å². The van der Waals surface area contributed by atoms with Gasteiger partial charge in [-0.2, -0.15) is 0 Å². The highest BCUT2D eigenvalue weighted by Gasteiger charge is 2.28. The minimum absolute atomic E-state index is 0.0714. The molecular formula is C14H18O4S. The Morgan fingerprint density at radius 3 is 2.32 bits per heavy atom. The fourth-order valence-electron chi connectivity index (χ4n) is 1.50. The van der Waals surface area contributed by atoms with Gasteiger partial charge >= 0.3 is 5.97 Å². The predicted octanol–water partition coefficient (Wildman–Crippen LogP) is 2.56. The summed E-state index contributed by atoms with van der Waals surface area (Å²) >= 11 is 0. The molecule has 0 aliphatic rings. The van der Waals surface area contributed by atoms with Crippen molar-refractivity contribution in [3.63, 3.8) is 0 Å². The van der Waals surface area contributed by atoms with Crippen molar-refractivity contribution in [2.75, 3.05) is 6.61 Å². The van der Waals surface area contributed by atoms with Crippen LogP contribution in [-0.4, -0.2) is 21.0 Å². The summed E-state index contributed by atoms with van der Waals surface area (Å²) < 4.78 is 29.7. The van der Waals surface area contributed by atoms with Crippen LogP contribution in [0.3, 0.4) is 0 Å². The number of sulfone groups is 1. The molecule has 0 bridgehead atoms. The molecule has 0 aliphatic heterocycles. The molecule has 0 N–H and O–H groups in total. The molecule has 0 aliphatic carbocycles. The van der Waals surface area contributed by atoms with Crippen molar-refractivity contribution < 1.29 is 17.9 Å². The summed E-state index contributed by atoms with van der Waals surface area (Å²) in [6, 6.07) is 7.87. The van der Waals surface area contributed by atoms with E-state index in [0.717, 1.165) is 0 Å². The van der Waals surface area contributed by atoms with E-state index in [4.69, 9.17) is 4.74 Å². The number of ether oxygens (including phenoxy) is 1. The molecule has 0 radical (unpaired) electrons. The maximum absolute atomic E-state index is 12.4. The van der Waals surface area contributed by atoms with Crippen LogP contribution in [0, 0.1) is 5.92 Å². The van der Waals surface area contributed by atoms with Crippen molar-refractivity contribution >= 4 is 15.8 Å². The van der Waals surface area contributed by atoms with Crippen molar-refractivity contribution in [2.24, 2.45) is 5.92 Å². The Morgan fingerprint density at radius 1 is 1.26 bits per heavy atom. The van der Waals surface area contributed by atoms with Gasteiger partial charge in [-0.3, -0.25) is 0 Å². The normalized spacial score (nSPS) is 12.5. The molecule has 0 amide bonds. The fourth-order valence-corrected chi connectivity index (χ4v) is 3.00. The maximum atomic E-state index is 12.4. The molecule has 0 atom stereocenters. The lowest BCUT2D eigenvalue weighted by molar-refractivity contribution is -0.137. The molecule has 1 rings (SSSR count). The van der Waals surface area contributed by atoms with Crippen LogP contribution < -0.4 is 0 Å². The first-order valence-corrected chi connectivity index (χ1v) is 7.57. The predicted molar refractivity (Wildman–Crippen MR) is 73.2 cm³/mol. The molecule has 0 spiro atoms. The number of benzene rings is 1. The van der Waals surface area contributed by atoms with E-state index in [1.165, 1.54) is 18.2 Å². The first kappa shape index (κ1) is 15.4. The van der Waals surface area contributed by atoms with Crippen molar-refractivity contribution in [2.45, 2.75) is 25.7 Å². The SMILES string of the molecule is CCOC(=O)C(=CC(C)C)S(=O)(=O)c1ccccc1. The van der Waals surface area contributed by atoms with Crippen LogP contribution in [0.4, 0.5) is 0 Å². The van der Waals surface area contributed by atoms with E-state index >= 15 is 0 Å². The van der Waals surface area contributed by atoms with Crippen LogP contribution >= 0.6 is 0 Å². The lowest BCUT2D eigenvalue weighted by Gasteiger charge is -2.09. The monoisotopic (exact) mass is 282 g/mol. The van der Waals surface area contributed by atoms with Crippen LogP contribution in [0.25, 0.3) is 0 Å². The van der Waals surface area contributed by atoms with E-state index in [2.05, 4.69) is 0 Å². The zero-order chi connectivity index (χ0) is 14.5. The fraction of sp³-hybridized carbons (Fsp3) is 0.357. The number of allylic oxidation sites excluding steroid dienone is 1. The van der Waals surface area contributed by atoms with Gasteiger partial charge < -0.3 is 4.74 Å². The second-order valence-corrected chi connectivity index (χ2v) is 6.23. The van der Waals surface area contributed by atoms with Crippen LogP contribution in [0.5, 0.6) is 0 Å². The second-order valence-electron chi connectivity index (χ2n) is 4.31. The number of carbonyl (C=O) groups is 1. The Labute approximate surface area is 114 Å². The van der Waals surface area contributed by atoms with Crippen LogP contribution in [0.2, 0.25) is 0 Å². The molecule has 5 heteroatoms. The van der Waals surface area contributed by atoms with Crippen LogP contribution in [-0.2, 0) is 19.4 Å². The van der Waals surface area contributed by atoms with Gasteiger partial charge in [0.15, 0.2) is 4.91 Å². The van der Waals surface area contributed by atoms with Crippen molar-refractivity contribution in [3.05, 3.63) is 41.3 Å². The molecule has 0 saturated carbocycles. The molecule has 4 nitrogen and oxygen atoms in total. The van der Waals surface area contributed by atoms with E-state index in [1.54, 1.807) is 39.0 Å². The lowest BCUT2D eigenvalue weighted by atomic mass is 10.2. The van der Waals surface area contributed by atoms with Gasteiger partial charge in [0.1, 0.15) is 0 Å². The third-order valence-corrected chi connectivity index (χ3v) is 4.08. The Morgan fingerprint density at radius 2 is 1.84 bits per heavy atom. The minimum Gasteiger partial charge on any atom is -0.462 e. The average molecular weight is 282 g/mol. The van der Waals surface area contributed by atoms with Crippen molar-refractivity contribution in [3.8, 4) is 0 Å². The highest BCUT2D eigenvalue weighted by molar-refractivity contribution is 7.96. The summed E-state index contributed by atoms with van der Waals surface area (Å²) in [5, 5.41) is 0. The summed E-state index contributed by atoms with van der Waals surface area (Å²) in [6.45, 7) is 5.39. The zero-order valence-corrected chi connectivity index (χ0v) is 12.1. The summed E-state index contributed by atoms with van der Waals surface area (Å²) in [5.74, 6) is -0.877. The Bertz CT molecular complexity index is 556. The highest BCUT2D eigenvalue weighted by atomic mass is 32.2. The molecule has 104 valence electrons. The smallest absolute Gasteiger partial charge is 0.349 e. The third kappa shape index (κ3) is 3.92. The maximum Gasteiger partial charge on any atom is 0.349 e. The number of rotatable bonds is 5. The first-order valence-electron chi connectivity index (χ1n) is 6.08. The van der Waals surface area contributed by atoms with Crippen LogP contribution in [0.15, 0.2) is 46.2 Å². The topological polar surface area (TPSA) is 60.4 Å². The van der Waals surface area contributed by atoms with Crippen molar-refractivity contribution in [1.29, 1.82) is 0 Å². The summed E-state index contributed by atoms with van der Waals surface area (Å²) in [6.07, 6.45) is 1.42. The average Bonchev–Trinajstić information content (AvgIpc) is 2.37. The molecular weight excluding hydrogens is 264 g/mol. The molecule has 0 unspecified atom stereocenters. The molecule has 19 heavy (non-hydrogen) atoms. The van der Waals surface area contributed by atoms with E-state index in [-0.39, 0.29) is 22.3 Å². The quantitative estimate of drug-likeness (QED) is 0.615. The summed E-state index contributed by atoms with van der Waals surface area (Å²) in [7, 11) is -3.83. The molecule has 1 aromatic carbocycles. The molecule has 1 aromatic rings. The Balaban J connectivity index is 3.30. The van der Waals surface area contributed by atoms with Gasteiger partial charge in [-0.05, 0) is 25.0 Å². The zero-order valence-electron chi connectivity index (χ0n) is 11.3. The van der Waals surface area contributed by atoms with Crippen molar-refractivity contribution in [1.82, 2.24) is 0 Å². The minimum atomic E-state index is -3.83. The third-order valence-electron chi connectivity index (χ3n) is 2.30. The number of carbonyl (C=O) groups excluding carboxylic acids is 1. The molecule has 0 fully saturated rings. The summed E-state index contributed by atoms with van der Waals surface area (Å²) in [5.41, 5.74) is 0. The highest BCUT2D eigenvalue weighted by Crippen LogP contribution is 2.21. The van der Waals surface area contributed by atoms with Gasteiger partial charge in [0.2, 0.25) is 9.84 Å². The van der Waals surface area contributed by atoms with Gasteiger partial charge in [-0.1, -0.05) is 38.1 Å². The van der Waals surface area contributed by atoms with E-state index < -0.39 is 15.8 Å². The Kier molecular flexibility index (Phi) is 5.30. The second kappa shape index (κ2) is 6.52. The molecule has 0 aromatic heterocycles. The van der Waals surface area contributed by atoms with Gasteiger partial charge in [-0.15, -0.1) is 0 Å². The number of hydrogen-bond acceptors (Lipinski definition) is 4. The van der Waals surface area contributed by atoms with Gasteiger partial charge in [0.05, 0.1) is 11.5 Å². The van der Waals surface area contributed by atoms with Gasteiger partial charge in [0.25, 0.3) is 0 Å². The summed E-state index contributed by atoms with van der Waals surface area (Å²) in [4.78, 5) is 11.6. The van der Waals surface area contributed by atoms with Gasteiger partial charge in [-0.25, -0.2) is 13.2 Å². The number of hydrogen-bond donors (Lipinski definition) is 0. The Hall–Kier alpha value is -1.62.